The molecule has 1 aliphatic rings. The molecule has 108 valence electrons. The van der Waals surface area contributed by atoms with E-state index in [1.54, 1.807) is 12.1 Å². The first kappa shape index (κ1) is 14.5. The Morgan fingerprint density at radius 1 is 1.35 bits per heavy atom. The lowest BCUT2D eigenvalue weighted by atomic mass is 10.4. The Hall–Kier alpha value is -1.89. The Bertz CT molecular complexity index is 522. The molecule has 2 amide bonds. The summed E-state index contributed by atoms with van der Waals surface area (Å²) < 4.78 is 4.48. The average Bonchev–Trinajstić information content (AvgIpc) is 3.19. The van der Waals surface area contributed by atoms with Gasteiger partial charge in [-0.15, -0.1) is 11.3 Å². The van der Waals surface area contributed by atoms with Gasteiger partial charge in [-0.1, -0.05) is 0 Å². The topological polar surface area (TPSA) is 84.5 Å². The molecule has 2 N–H and O–H groups in total. The quantitative estimate of drug-likeness (QED) is 0.777. The summed E-state index contributed by atoms with van der Waals surface area (Å²) in [7, 11) is 1.30. The number of anilines is 1. The van der Waals surface area contributed by atoms with Crippen molar-refractivity contribution in [1.29, 1.82) is 0 Å². The third kappa shape index (κ3) is 4.06. The summed E-state index contributed by atoms with van der Waals surface area (Å²) in [6.07, 6.45) is 2.02. The number of thiophene rings is 1. The van der Waals surface area contributed by atoms with E-state index in [1.807, 2.05) is 0 Å². The Balaban J connectivity index is 1.79. The summed E-state index contributed by atoms with van der Waals surface area (Å²) in [5.41, 5.74) is 0. The van der Waals surface area contributed by atoms with E-state index in [0.29, 0.717) is 9.88 Å². The lowest BCUT2D eigenvalue weighted by Crippen LogP contribution is -2.25. The second-order valence-electron chi connectivity index (χ2n) is 4.51. The van der Waals surface area contributed by atoms with Crippen molar-refractivity contribution in [2.24, 2.45) is 5.92 Å². The molecular formula is C13H16N2O4S. The molecule has 20 heavy (non-hydrogen) atoms. The summed E-state index contributed by atoms with van der Waals surface area (Å²) in [4.78, 5) is 34.8. The van der Waals surface area contributed by atoms with Crippen LogP contribution < -0.4 is 10.6 Å². The van der Waals surface area contributed by atoms with Crippen molar-refractivity contribution < 1.29 is 19.1 Å². The van der Waals surface area contributed by atoms with Crippen molar-refractivity contribution in [3.05, 3.63) is 17.0 Å². The van der Waals surface area contributed by atoms with E-state index < -0.39 is 0 Å². The number of rotatable bonds is 6. The normalized spacial score (nSPS) is 13.7. The van der Waals surface area contributed by atoms with Crippen molar-refractivity contribution in [3.8, 4) is 0 Å². The van der Waals surface area contributed by atoms with Gasteiger partial charge in [0.2, 0.25) is 5.91 Å². The number of amides is 2. The molecule has 6 nitrogen and oxygen atoms in total. The largest absolute Gasteiger partial charge is 0.469 e. The summed E-state index contributed by atoms with van der Waals surface area (Å²) in [6, 6.07) is 3.36. The molecule has 0 unspecified atom stereocenters. The number of methoxy groups -OCH3 is 1. The fourth-order valence-electron chi connectivity index (χ4n) is 1.56. The van der Waals surface area contributed by atoms with Crippen LogP contribution in [-0.4, -0.2) is 31.4 Å². The van der Waals surface area contributed by atoms with Gasteiger partial charge in [0, 0.05) is 12.5 Å². The van der Waals surface area contributed by atoms with Crippen LogP contribution in [0.2, 0.25) is 0 Å². The number of nitrogens with one attached hydrogen (secondary N) is 2. The maximum atomic E-state index is 11.8. The molecule has 0 radical (unpaired) electrons. The van der Waals surface area contributed by atoms with E-state index in [4.69, 9.17) is 0 Å². The minimum absolute atomic E-state index is 0.0181. The van der Waals surface area contributed by atoms with E-state index in [-0.39, 0.29) is 36.7 Å². The summed E-state index contributed by atoms with van der Waals surface area (Å²) in [6.45, 7) is 0.229. The molecule has 0 aromatic carbocycles. The van der Waals surface area contributed by atoms with E-state index in [1.165, 1.54) is 18.4 Å². The molecule has 0 bridgehead atoms. The number of ether oxygens (including phenoxy) is 1. The molecule has 0 atom stereocenters. The molecule has 1 aromatic rings. The predicted octanol–water partition coefficient (Wildman–Crippen LogP) is 1.39. The molecule has 2 rings (SSSR count). The van der Waals surface area contributed by atoms with Crippen molar-refractivity contribution in [2.75, 3.05) is 19.0 Å². The third-order valence-electron chi connectivity index (χ3n) is 2.87. The molecule has 7 heteroatoms. The van der Waals surface area contributed by atoms with Crippen LogP contribution in [0.1, 0.15) is 28.9 Å². The van der Waals surface area contributed by atoms with Crippen LogP contribution in [0.3, 0.4) is 0 Å². The summed E-state index contributed by atoms with van der Waals surface area (Å²) >= 11 is 1.22. The zero-order chi connectivity index (χ0) is 14.5. The molecule has 0 aliphatic heterocycles. The van der Waals surface area contributed by atoms with Crippen LogP contribution in [0.4, 0.5) is 5.00 Å². The van der Waals surface area contributed by atoms with Crippen LogP contribution in [0.25, 0.3) is 0 Å². The monoisotopic (exact) mass is 296 g/mol. The van der Waals surface area contributed by atoms with Crippen molar-refractivity contribution >= 4 is 34.1 Å². The minimum Gasteiger partial charge on any atom is -0.469 e. The maximum Gasteiger partial charge on any atom is 0.307 e. The highest BCUT2D eigenvalue weighted by Crippen LogP contribution is 2.31. The molecule has 1 fully saturated rings. The number of hydrogen-bond donors (Lipinski definition) is 2. The first-order chi connectivity index (χ1) is 9.60. The smallest absolute Gasteiger partial charge is 0.307 e. The zero-order valence-corrected chi connectivity index (χ0v) is 11.9. The summed E-state index contributed by atoms with van der Waals surface area (Å²) in [5.74, 6) is -0.473. The highest BCUT2D eigenvalue weighted by Gasteiger charge is 2.29. The molecule has 0 saturated heterocycles. The second kappa shape index (κ2) is 6.51. The first-order valence-electron chi connectivity index (χ1n) is 6.36. The van der Waals surface area contributed by atoms with Gasteiger partial charge in [-0.2, -0.15) is 0 Å². The van der Waals surface area contributed by atoms with E-state index in [9.17, 15) is 14.4 Å². The Kier molecular flexibility index (Phi) is 4.73. The van der Waals surface area contributed by atoms with Crippen LogP contribution in [0.5, 0.6) is 0 Å². The number of carbonyl (C=O) groups is 3. The van der Waals surface area contributed by atoms with Gasteiger partial charge in [-0.05, 0) is 25.0 Å². The molecule has 0 spiro atoms. The lowest BCUT2D eigenvalue weighted by molar-refractivity contribution is -0.140. The highest BCUT2D eigenvalue weighted by atomic mass is 32.1. The van der Waals surface area contributed by atoms with Gasteiger partial charge < -0.3 is 15.4 Å². The molecule has 1 heterocycles. The SMILES string of the molecule is COC(=O)CCNC(=O)c1ccc(NC(=O)C2CC2)s1. The first-order valence-corrected chi connectivity index (χ1v) is 7.17. The van der Waals surface area contributed by atoms with Gasteiger partial charge >= 0.3 is 5.97 Å². The number of hydrogen-bond acceptors (Lipinski definition) is 5. The van der Waals surface area contributed by atoms with Crippen LogP contribution in [0, 0.1) is 5.92 Å². The highest BCUT2D eigenvalue weighted by molar-refractivity contribution is 7.18. The fraction of sp³-hybridized carbons (Fsp3) is 0.462. The van der Waals surface area contributed by atoms with E-state index >= 15 is 0 Å². The fourth-order valence-corrected chi connectivity index (χ4v) is 2.39. The van der Waals surface area contributed by atoms with Gasteiger partial charge in [0.25, 0.3) is 5.91 Å². The molecule has 1 aromatic heterocycles. The zero-order valence-electron chi connectivity index (χ0n) is 11.1. The molecule has 1 aliphatic carbocycles. The van der Waals surface area contributed by atoms with Crippen LogP contribution in [-0.2, 0) is 14.3 Å². The van der Waals surface area contributed by atoms with Crippen molar-refractivity contribution in [2.45, 2.75) is 19.3 Å². The minimum atomic E-state index is -0.367. The predicted molar refractivity (Wildman–Crippen MR) is 74.6 cm³/mol. The third-order valence-corrected chi connectivity index (χ3v) is 3.87. The Morgan fingerprint density at radius 3 is 2.75 bits per heavy atom. The summed E-state index contributed by atoms with van der Waals surface area (Å²) in [5, 5.41) is 6.08. The average molecular weight is 296 g/mol. The van der Waals surface area contributed by atoms with E-state index in [0.717, 1.165) is 12.8 Å². The van der Waals surface area contributed by atoms with Gasteiger partial charge in [-0.25, -0.2) is 0 Å². The van der Waals surface area contributed by atoms with Gasteiger partial charge in [-0.3, -0.25) is 14.4 Å². The Labute approximate surface area is 120 Å². The van der Waals surface area contributed by atoms with Crippen molar-refractivity contribution in [3.63, 3.8) is 0 Å². The molecule has 1 saturated carbocycles. The van der Waals surface area contributed by atoms with Crippen molar-refractivity contribution in [1.82, 2.24) is 5.32 Å². The van der Waals surface area contributed by atoms with E-state index in [2.05, 4.69) is 15.4 Å². The number of esters is 1. The number of carbonyl (C=O) groups excluding carboxylic acids is 3. The lowest BCUT2D eigenvalue weighted by Gasteiger charge is -2.02. The Morgan fingerprint density at radius 2 is 2.10 bits per heavy atom. The maximum absolute atomic E-state index is 11.8. The molecular weight excluding hydrogens is 280 g/mol. The second-order valence-corrected chi connectivity index (χ2v) is 5.59. The van der Waals surface area contributed by atoms with Crippen LogP contribution in [0.15, 0.2) is 12.1 Å². The van der Waals surface area contributed by atoms with Gasteiger partial charge in [0.15, 0.2) is 0 Å². The van der Waals surface area contributed by atoms with Gasteiger partial charge in [0.1, 0.15) is 0 Å². The van der Waals surface area contributed by atoms with Gasteiger partial charge in [0.05, 0.1) is 23.4 Å². The van der Waals surface area contributed by atoms with Crippen LogP contribution >= 0.6 is 11.3 Å². The standard InChI is InChI=1S/C13H16N2O4S/c1-19-11(16)6-7-14-13(18)9-4-5-10(20-9)15-12(17)8-2-3-8/h4-5,8H,2-3,6-7H2,1H3,(H,14,18)(H,15,17).